The van der Waals surface area contributed by atoms with Gasteiger partial charge in [-0.15, -0.1) is 0 Å². The number of benzene rings is 5. The van der Waals surface area contributed by atoms with Gasteiger partial charge in [0.2, 0.25) is 0 Å². The molecule has 1 aliphatic carbocycles. The standard InChI is InChI=1S/C44H44BN3/c1-41(2)32-21-15-23-34-39(32)47(42(41,3)4)36-27-31(46(29-17-9-7-10-18-29)30-19-11-8-12-20-30)28-37-38(36)45(34)35-24-16-22-33-40(35)48(37)44(6)26-14-13-25-43(33,44)5/h7-12,15-24,27-28H,13-14,25-26H2,1-6H3. The molecule has 0 saturated heterocycles. The third-order valence-electron chi connectivity index (χ3n) is 14.0. The topological polar surface area (TPSA) is 9.72 Å². The summed E-state index contributed by atoms with van der Waals surface area (Å²) in [5.41, 5.74) is 16.6. The van der Waals surface area contributed by atoms with Crippen molar-refractivity contribution in [3.63, 3.8) is 0 Å². The van der Waals surface area contributed by atoms with Gasteiger partial charge < -0.3 is 14.7 Å². The molecule has 4 heteroatoms. The van der Waals surface area contributed by atoms with Crippen LogP contribution >= 0.6 is 0 Å². The smallest absolute Gasteiger partial charge is 0.252 e. The van der Waals surface area contributed by atoms with Gasteiger partial charge in [0.15, 0.2) is 0 Å². The van der Waals surface area contributed by atoms with Crippen LogP contribution < -0.4 is 31.1 Å². The van der Waals surface area contributed by atoms with Crippen LogP contribution in [0.1, 0.15) is 78.4 Å². The van der Waals surface area contributed by atoms with Crippen molar-refractivity contribution in [1.82, 2.24) is 0 Å². The number of fused-ring (bicyclic) bond motifs is 7. The molecule has 1 saturated carbocycles. The van der Waals surface area contributed by atoms with E-state index in [1.165, 1.54) is 87.4 Å². The number of nitrogens with zero attached hydrogens (tertiary/aromatic N) is 3. The second-order valence-corrected chi connectivity index (χ2v) is 16.5. The second-order valence-electron chi connectivity index (χ2n) is 16.5. The van der Waals surface area contributed by atoms with Gasteiger partial charge in [-0.05, 0) is 97.5 Å². The van der Waals surface area contributed by atoms with E-state index >= 15 is 0 Å². The molecule has 1 fully saturated rings. The summed E-state index contributed by atoms with van der Waals surface area (Å²) < 4.78 is 0. The Labute approximate surface area is 286 Å². The van der Waals surface area contributed by atoms with Crippen molar-refractivity contribution in [3.05, 3.63) is 120 Å². The molecule has 3 nitrogen and oxygen atoms in total. The van der Waals surface area contributed by atoms with Crippen LogP contribution in [0, 0.1) is 0 Å². The molecule has 5 aliphatic rings. The summed E-state index contributed by atoms with van der Waals surface area (Å²) in [4.78, 5) is 8.08. The van der Waals surface area contributed by atoms with Crippen LogP contribution in [0.2, 0.25) is 0 Å². The maximum absolute atomic E-state index is 2.85. The SMILES string of the molecule is CC1(C)c2cccc3c2N(c2cc(N(c4ccccc4)c4ccccc4)cc4c2B3c2cccc3c2N4C2(C)CCCCC32C)C1(C)C. The third-order valence-corrected chi connectivity index (χ3v) is 14.0. The predicted octanol–water partition coefficient (Wildman–Crippen LogP) is 9.25. The summed E-state index contributed by atoms with van der Waals surface area (Å²) >= 11 is 0. The molecule has 0 N–H and O–H groups in total. The van der Waals surface area contributed by atoms with E-state index in [2.05, 4.69) is 165 Å². The molecule has 2 atom stereocenters. The lowest BCUT2D eigenvalue weighted by Gasteiger charge is -2.53. The van der Waals surface area contributed by atoms with Gasteiger partial charge in [0.1, 0.15) is 0 Å². The van der Waals surface area contributed by atoms with Crippen LogP contribution in [0.4, 0.5) is 39.8 Å². The molecule has 48 heavy (non-hydrogen) atoms. The fraction of sp³-hybridized carbons (Fsp3) is 0.318. The Morgan fingerprint density at radius 2 is 1.10 bits per heavy atom. The lowest BCUT2D eigenvalue weighted by Crippen LogP contribution is -2.66. The number of hydrogen-bond donors (Lipinski definition) is 0. The molecule has 0 aromatic heterocycles. The average molecular weight is 626 g/mol. The minimum Gasteiger partial charge on any atom is -0.335 e. The van der Waals surface area contributed by atoms with E-state index in [0.717, 1.165) is 0 Å². The first-order chi connectivity index (χ1) is 23.1. The first-order valence-electron chi connectivity index (χ1n) is 18.0. The van der Waals surface area contributed by atoms with Crippen LogP contribution in [-0.2, 0) is 10.8 Å². The number of rotatable bonds is 3. The molecule has 4 aliphatic heterocycles. The largest absolute Gasteiger partial charge is 0.335 e. The highest BCUT2D eigenvalue weighted by molar-refractivity contribution is 7.00. The normalized spacial score (nSPS) is 24.5. The highest BCUT2D eigenvalue weighted by Crippen LogP contribution is 2.63. The first-order valence-corrected chi connectivity index (χ1v) is 18.0. The van der Waals surface area contributed by atoms with E-state index in [1.807, 2.05) is 0 Å². The zero-order valence-corrected chi connectivity index (χ0v) is 29.1. The Hall–Kier alpha value is -4.44. The summed E-state index contributed by atoms with van der Waals surface area (Å²) in [5.74, 6) is 0. The zero-order chi connectivity index (χ0) is 32.8. The highest BCUT2D eigenvalue weighted by Gasteiger charge is 2.63. The molecule has 2 unspecified atom stereocenters. The molecule has 0 radical (unpaired) electrons. The fourth-order valence-electron chi connectivity index (χ4n) is 10.7. The monoisotopic (exact) mass is 625 g/mol. The van der Waals surface area contributed by atoms with Crippen molar-refractivity contribution in [1.29, 1.82) is 0 Å². The number of anilines is 7. The van der Waals surface area contributed by atoms with Gasteiger partial charge in [-0.1, -0.05) is 106 Å². The zero-order valence-electron chi connectivity index (χ0n) is 29.1. The molecule has 4 heterocycles. The van der Waals surface area contributed by atoms with Crippen LogP contribution in [0.15, 0.2) is 109 Å². The van der Waals surface area contributed by atoms with Gasteiger partial charge in [-0.25, -0.2) is 0 Å². The summed E-state index contributed by atoms with van der Waals surface area (Å²) in [6.45, 7) is 15.2. The van der Waals surface area contributed by atoms with Crippen molar-refractivity contribution >= 4 is 62.9 Å². The molecule has 10 rings (SSSR count). The van der Waals surface area contributed by atoms with Crippen LogP contribution in [0.5, 0.6) is 0 Å². The van der Waals surface area contributed by atoms with E-state index in [4.69, 9.17) is 0 Å². The molecule has 5 aromatic rings. The van der Waals surface area contributed by atoms with E-state index in [9.17, 15) is 0 Å². The van der Waals surface area contributed by atoms with Crippen molar-refractivity contribution in [3.8, 4) is 0 Å². The fourth-order valence-corrected chi connectivity index (χ4v) is 10.7. The van der Waals surface area contributed by atoms with E-state index in [0.29, 0.717) is 0 Å². The van der Waals surface area contributed by atoms with Gasteiger partial charge in [0.25, 0.3) is 6.71 Å². The molecular formula is C44H44BN3. The molecule has 0 spiro atoms. The Morgan fingerprint density at radius 3 is 1.73 bits per heavy atom. The molecular weight excluding hydrogens is 581 g/mol. The maximum atomic E-state index is 2.85. The Kier molecular flexibility index (Phi) is 5.46. The first kappa shape index (κ1) is 28.6. The van der Waals surface area contributed by atoms with Crippen LogP contribution in [0.3, 0.4) is 0 Å². The number of hydrogen-bond acceptors (Lipinski definition) is 3. The van der Waals surface area contributed by atoms with Gasteiger partial charge in [0, 0.05) is 50.5 Å². The summed E-state index contributed by atoms with van der Waals surface area (Å²) in [6, 6.07) is 41.4. The van der Waals surface area contributed by atoms with Crippen molar-refractivity contribution in [2.24, 2.45) is 0 Å². The summed E-state index contributed by atoms with van der Waals surface area (Å²) in [7, 11) is 0. The molecule has 5 aromatic carbocycles. The Morgan fingerprint density at radius 1 is 0.562 bits per heavy atom. The van der Waals surface area contributed by atoms with Crippen molar-refractivity contribution in [2.75, 3.05) is 14.7 Å². The van der Waals surface area contributed by atoms with E-state index in [-0.39, 0.29) is 28.6 Å². The van der Waals surface area contributed by atoms with Crippen molar-refractivity contribution in [2.45, 2.75) is 89.1 Å². The van der Waals surface area contributed by atoms with Gasteiger partial charge in [-0.2, -0.15) is 0 Å². The minimum atomic E-state index is -0.135. The van der Waals surface area contributed by atoms with E-state index in [1.54, 1.807) is 5.56 Å². The van der Waals surface area contributed by atoms with Crippen LogP contribution in [0.25, 0.3) is 0 Å². The van der Waals surface area contributed by atoms with Crippen molar-refractivity contribution < 1.29 is 0 Å². The second kappa shape index (κ2) is 9.17. The Balaban J connectivity index is 1.35. The average Bonchev–Trinajstić information content (AvgIpc) is 3.40. The van der Waals surface area contributed by atoms with E-state index < -0.39 is 0 Å². The highest BCUT2D eigenvalue weighted by atomic mass is 15.3. The van der Waals surface area contributed by atoms with Gasteiger partial charge in [0.05, 0.1) is 11.2 Å². The summed E-state index contributed by atoms with van der Waals surface area (Å²) in [5, 5.41) is 0. The van der Waals surface area contributed by atoms with Crippen LogP contribution in [-0.4, -0.2) is 17.8 Å². The molecule has 0 amide bonds. The lowest BCUT2D eigenvalue weighted by molar-refractivity contribution is 0.195. The lowest BCUT2D eigenvalue weighted by atomic mass is 9.33. The quantitative estimate of drug-likeness (QED) is 0.185. The minimum absolute atomic E-state index is 0.00665. The third kappa shape index (κ3) is 3.18. The molecule has 238 valence electrons. The predicted molar refractivity (Wildman–Crippen MR) is 204 cm³/mol. The summed E-state index contributed by atoms with van der Waals surface area (Å²) in [6.07, 6.45) is 5.00. The molecule has 0 bridgehead atoms. The maximum Gasteiger partial charge on any atom is 0.252 e. The van der Waals surface area contributed by atoms with Gasteiger partial charge in [-0.3, -0.25) is 0 Å². The van der Waals surface area contributed by atoms with Gasteiger partial charge >= 0.3 is 0 Å². The number of para-hydroxylation sites is 4. The Bertz CT molecular complexity index is 2110.